The van der Waals surface area contributed by atoms with E-state index in [4.69, 9.17) is 10.7 Å². The van der Waals surface area contributed by atoms with E-state index >= 15 is 0 Å². The summed E-state index contributed by atoms with van der Waals surface area (Å²) in [5.74, 6) is 1.98. The number of anilines is 1. The highest BCUT2D eigenvalue weighted by molar-refractivity contribution is 5.39. The number of aryl methyl sites for hydroxylation is 3. The summed E-state index contributed by atoms with van der Waals surface area (Å²) in [5, 5.41) is 0. The minimum Gasteiger partial charge on any atom is -0.384 e. The molecule has 0 atom stereocenters. The Morgan fingerprint density at radius 3 is 2.42 bits per heavy atom. The molecule has 0 fully saturated rings. The second kappa shape index (κ2) is 6.41. The molecule has 19 heavy (non-hydrogen) atoms. The van der Waals surface area contributed by atoms with Gasteiger partial charge in [-0.25, -0.2) is 4.98 Å². The third-order valence-electron chi connectivity index (χ3n) is 3.45. The Hall–Kier alpha value is -1.77. The van der Waals surface area contributed by atoms with Crippen LogP contribution in [-0.4, -0.2) is 9.55 Å². The summed E-state index contributed by atoms with van der Waals surface area (Å²) < 4.78 is 2.14. The molecular weight excluding hydrogens is 234 g/mol. The van der Waals surface area contributed by atoms with E-state index < -0.39 is 0 Å². The second-order valence-electron chi connectivity index (χ2n) is 4.84. The van der Waals surface area contributed by atoms with Gasteiger partial charge in [-0.1, -0.05) is 37.3 Å². The summed E-state index contributed by atoms with van der Waals surface area (Å²) in [6, 6.07) is 10.5. The van der Waals surface area contributed by atoms with Crippen LogP contribution in [0.4, 0.5) is 5.82 Å². The molecule has 0 saturated carbocycles. The van der Waals surface area contributed by atoms with Crippen LogP contribution in [0.15, 0.2) is 30.3 Å². The molecule has 0 radical (unpaired) electrons. The summed E-state index contributed by atoms with van der Waals surface area (Å²) >= 11 is 0. The van der Waals surface area contributed by atoms with Gasteiger partial charge in [0.2, 0.25) is 0 Å². The first-order valence-electron chi connectivity index (χ1n) is 7.13. The molecule has 0 unspecified atom stereocenters. The molecule has 2 rings (SSSR count). The molecule has 0 aliphatic carbocycles. The van der Waals surface area contributed by atoms with E-state index in [0.29, 0.717) is 0 Å². The van der Waals surface area contributed by atoms with Crippen molar-refractivity contribution < 1.29 is 0 Å². The van der Waals surface area contributed by atoms with Crippen LogP contribution in [0.5, 0.6) is 0 Å². The number of nitrogen functional groups attached to an aromatic ring is 1. The fraction of sp³-hybridized carbons (Fsp3) is 0.438. The van der Waals surface area contributed by atoms with Crippen LogP contribution >= 0.6 is 0 Å². The third kappa shape index (κ3) is 3.16. The lowest BCUT2D eigenvalue weighted by Crippen LogP contribution is -2.05. The van der Waals surface area contributed by atoms with Crippen molar-refractivity contribution in [3.8, 4) is 0 Å². The quantitative estimate of drug-likeness (QED) is 0.863. The molecule has 1 aromatic carbocycles. The van der Waals surface area contributed by atoms with Gasteiger partial charge in [-0.15, -0.1) is 0 Å². The van der Waals surface area contributed by atoms with E-state index in [1.807, 2.05) is 6.07 Å². The van der Waals surface area contributed by atoms with Gasteiger partial charge in [0.25, 0.3) is 0 Å². The maximum atomic E-state index is 6.21. The van der Waals surface area contributed by atoms with Crippen molar-refractivity contribution >= 4 is 5.82 Å². The Morgan fingerprint density at radius 2 is 1.79 bits per heavy atom. The Labute approximate surface area is 115 Å². The van der Waals surface area contributed by atoms with E-state index in [1.54, 1.807) is 0 Å². The zero-order chi connectivity index (χ0) is 13.7. The molecule has 1 aromatic heterocycles. The van der Waals surface area contributed by atoms with Crippen LogP contribution in [0.2, 0.25) is 0 Å². The number of aromatic nitrogens is 2. The molecule has 0 spiro atoms. The molecule has 0 bridgehead atoms. The van der Waals surface area contributed by atoms with Gasteiger partial charge in [-0.05, 0) is 31.7 Å². The molecule has 102 valence electrons. The molecule has 2 N–H and O–H groups in total. The van der Waals surface area contributed by atoms with Crippen LogP contribution in [0.1, 0.15) is 37.4 Å². The number of imidazole rings is 1. The van der Waals surface area contributed by atoms with Gasteiger partial charge in [0.05, 0.1) is 5.69 Å². The largest absolute Gasteiger partial charge is 0.384 e. The van der Waals surface area contributed by atoms with E-state index in [-0.39, 0.29) is 0 Å². The predicted molar refractivity (Wildman–Crippen MR) is 80.2 cm³/mol. The highest BCUT2D eigenvalue weighted by Gasteiger charge is 2.12. The zero-order valence-corrected chi connectivity index (χ0v) is 11.9. The predicted octanol–water partition coefficient (Wildman–Crippen LogP) is 3.22. The summed E-state index contributed by atoms with van der Waals surface area (Å²) in [6.45, 7) is 5.20. The van der Waals surface area contributed by atoms with Gasteiger partial charge < -0.3 is 10.3 Å². The average molecular weight is 257 g/mol. The van der Waals surface area contributed by atoms with Crippen molar-refractivity contribution in [2.45, 2.75) is 46.1 Å². The standard InChI is InChI=1S/C16H23N3/c1-3-8-15-18-14(16(17)19(15)4-2)12-11-13-9-6-5-7-10-13/h5-7,9-10H,3-4,8,11-12,17H2,1-2H3. The smallest absolute Gasteiger partial charge is 0.126 e. The highest BCUT2D eigenvalue weighted by Crippen LogP contribution is 2.18. The van der Waals surface area contributed by atoms with Crippen molar-refractivity contribution in [3.63, 3.8) is 0 Å². The van der Waals surface area contributed by atoms with E-state index in [9.17, 15) is 0 Å². The van der Waals surface area contributed by atoms with Crippen molar-refractivity contribution in [2.24, 2.45) is 0 Å². The first kappa shape index (κ1) is 13.7. The lowest BCUT2D eigenvalue weighted by Gasteiger charge is -2.05. The number of rotatable bonds is 6. The second-order valence-corrected chi connectivity index (χ2v) is 4.84. The third-order valence-corrected chi connectivity index (χ3v) is 3.45. The fourth-order valence-electron chi connectivity index (χ4n) is 2.43. The SMILES string of the molecule is CCCc1nc(CCc2ccccc2)c(N)n1CC. The summed E-state index contributed by atoms with van der Waals surface area (Å²) in [5.41, 5.74) is 8.60. The molecule has 0 aliphatic heterocycles. The van der Waals surface area contributed by atoms with Crippen LogP contribution < -0.4 is 5.73 Å². The van der Waals surface area contributed by atoms with Gasteiger partial charge in [0, 0.05) is 13.0 Å². The van der Waals surface area contributed by atoms with E-state index in [1.165, 1.54) is 5.56 Å². The van der Waals surface area contributed by atoms with Gasteiger partial charge in [0.1, 0.15) is 11.6 Å². The Balaban J connectivity index is 2.12. The molecule has 1 heterocycles. The van der Waals surface area contributed by atoms with Crippen molar-refractivity contribution in [3.05, 3.63) is 47.4 Å². The van der Waals surface area contributed by atoms with E-state index in [0.717, 1.165) is 49.6 Å². The number of hydrogen-bond acceptors (Lipinski definition) is 2. The zero-order valence-electron chi connectivity index (χ0n) is 11.9. The van der Waals surface area contributed by atoms with E-state index in [2.05, 4.69) is 42.7 Å². The number of nitrogens with two attached hydrogens (primary N) is 1. The minimum atomic E-state index is 0.849. The van der Waals surface area contributed by atoms with Crippen LogP contribution in [0, 0.1) is 0 Å². The number of benzene rings is 1. The van der Waals surface area contributed by atoms with Crippen molar-refractivity contribution in [1.29, 1.82) is 0 Å². The Kier molecular flexibility index (Phi) is 4.61. The maximum absolute atomic E-state index is 6.21. The number of nitrogens with zero attached hydrogens (tertiary/aromatic N) is 2. The first-order chi connectivity index (χ1) is 9.26. The summed E-state index contributed by atoms with van der Waals surface area (Å²) in [4.78, 5) is 4.72. The number of hydrogen-bond donors (Lipinski definition) is 1. The molecule has 3 heteroatoms. The van der Waals surface area contributed by atoms with Crippen LogP contribution in [-0.2, 0) is 25.8 Å². The Morgan fingerprint density at radius 1 is 1.05 bits per heavy atom. The molecule has 3 nitrogen and oxygen atoms in total. The average Bonchev–Trinajstić information content (AvgIpc) is 2.74. The van der Waals surface area contributed by atoms with Crippen LogP contribution in [0.3, 0.4) is 0 Å². The Bertz CT molecular complexity index is 514. The van der Waals surface area contributed by atoms with Gasteiger partial charge in [-0.2, -0.15) is 0 Å². The molecule has 0 amide bonds. The fourth-order valence-corrected chi connectivity index (χ4v) is 2.43. The summed E-state index contributed by atoms with van der Waals surface area (Å²) in [6.07, 6.45) is 4.02. The first-order valence-corrected chi connectivity index (χ1v) is 7.13. The van der Waals surface area contributed by atoms with Crippen molar-refractivity contribution in [2.75, 3.05) is 5.73 Å². The topological polar surface area (TPSA) is 43.8 Å². The normalized spacial score (nSPS) is 10.8. The molecular formula is C16H23N3. The molecule has 0 saturated heterocycles. The summed E-state index contributed by atoms with van der Waals surface area (Å²) in [7, 11) is 0. The van der Waals surface area contributed by atoms with Gasteiger partial charge in [-0.3, -0.25) is 0 Å². The van der Waals surface area contributed by atoms with Gasteiger partial charge >= 0.3 is 0 Å². The molecule has 0 aliphatic rings. The van der Waals surface area contributed by atoms with Crippen LogP contribution in [0.25, 0.3) is 0 Å². The molecule has 2 aromatic rings. The van der Waals surface area contributed by atoms with Crippen molar-refractivity contribution in [1.82, 2.24) is 9.55 Å². The van der Waals surface area contributed by atoms with Gasteiger partial charge in [0.15, 0.2) is 0 Å². The lowest BCUT2D eigenvalue weighted by molar-refractivity contribution is 0.690. The maximum Gasteiger partial charge on any atom is 0.126 e. The monoisotopic (exact) mass is 257 g/mol. The minimum absolute atomic E-state index is 0.849. The lowest BCUT2D eigenvalue weighted by atomic mass is 10.1. The highest BCUT2D eigenvalue weighted by atomic mass is 15.1.